The number of carbonyl (C=O) groups is 3. The molecular formula is C24H35N5O3. The third-order valence-corrected chi connectivity index (χ3v) is 6.60. The maximum atomic E-state index is 13.6. The molecule has 0 aromatic carbocycles. The summed E-state index contributed by atoms with van der Waals surface area (Å²) in [4.78, 5) is 49.7. The smallest absolute Gasteiger partial charge is 0.256 e. The van der Waals surface area contributed by atoms with Gasteiger partial charge in [0.05, 0.1) is 11.6 Å². The number of nitrogens with zero attached hydrogens (tertiary/aromatic N) is 4. The van der Waals surface area contributed by atoms with E-state index in [2.05, 4.69) is 24.1 Å². The van der Waals surface area contributed by atoms with Crippen molar-refractivity contribution in [3.8, 4) is 0 Å². The third-order valence-electron chi connectivity index (χ3n) is 6.60. The second kappa shape index (κ2) is 9.98. The maximum absolute atomic E-state index is 13.6. The maximum Gasteiger partial charge on any atom is 0.256 e. The minimum Gasteiger partial charge on any atom is -0.340 e. The molecule has 2 atom stereocenters. The molecule has 0 bridgehead atoms. The predicted octanol–water partition coefficient (Wildman–Crippen LogP) is 1.38. The Morgan fingerprint density at radius 1 is 1.22 bits per heavy atom. The van der Waals surface area contributed by atoms with E-state index < -0.39 is 6.04 Å². The molecule has 2 saturated heterocycles. The number of pyridine rings is 1. The third kappa shape index (κ3) is 5.11. The first-order chi connectivity index (χ1) is 15.5. The van der Waals surface area contributed by atoms with Gasteiger partial charge in [0, 0.05) is 51.0 Å². The minimum absolute atomic E-state index is 0.00296. The van der Waals surface area contributed by atoms with Gasteiger partial charge in [-0.25, -0.2) is 0 Å². The van der Waals surface area contributed by atoms with Crippen molar-refractivity contribution in [2.24, 2.45) is 11.8 Å². The van der Waals surface area contributed by atoms with Crippen molar-refractivity contribution >= 4 is 17.7 Å². The molecule has 1 aromatic rings. The fraction of sp³-hybridized carbons (Fsp3) is 0.667. The predicted molar refractivity (Wildman–Crippen MR) is 121 cm³/mol. The zero-order valence-corrected chi connectivity index (χ0v) is 19.2. The molecule has 1 aliphatic carbocycles. The molecule has 1 saturated carbocycles. The molecule has 3 aliphatic rings. The van der Waals surface area contributed by atoms with Gasteiger partial charge in [-0.2, -0.15) is 0 Å². The van der Waals surface area contributed by atoms with Crippen LogP contribution in [0.1, 0.15) is 49.9 Å². The molecule has 3 amide bonds. The average Bonchev–Trinajstić information content (AvgIpc) is 3.60. The van der Waals surface area contributed by atoms with Gasteiger partial charge >= 0.3 is 0 Å². The Balaban J connectivity index is 1.59. The van der Waals surface area contributed by atoms with Crippen LogP contribution in [0.2, 0.25) is 0 Å². The highest BCUT2D eigenvalue weighted by Gasteiger charge is 2.46. The Kier molecular flexibility index (Phi) is 7.08. The molecule has 1 N–H and O–H groups in total. The number of aromatic nitrogens is 1. The van der Waals surface area contributed by atoms with E-state index in [0.717, 1.165) is 32.4 Å². The minimum atomic E-state index is -0.549. The summed E-state index contributed by atoms with van der Waals surface area (Å²) in [5, 5.41) is 3.33. The fourth-order valence-corrected chi connectivity index (χ4v) is 4.81. The molecule has 0 radical (unpaired) electrons. The molecular weight excluding hydrogens is 406 g/mol. The molecule has 0 spiro atoms. The zero-order valence-electron chi connectivity index (χ0n) is 19.2. The number of hydrogen-bond acceptors (Lipinski definition) is 5. The summed E-state index contributed by atoms with van der Waals surface area (Å²) in [6.07, 6.45) is 6.48. The summed E-state index contributed by atoms with van der Waals surface area (Å²) in [7, 11) is 0. The molecule has 32 heavy (non-hydrogen) atoms. The Morgan fingerprint density at radius 2 is 2.03 bits per heavy atom. The summed E-state index contributed by atoms with van der Waals surface area (Å²) in [6, 6.07) is 2.79. The van der Waals surface area contributed by atoms with Crippen LogP contribution in [0.5, 0.6) is 0 Å². The van der Waals surface area contributed by atoms with Crippen LogP contribution < -0.4 is 5.32 Å². The first kappa shape index (κ1) is 22.7. The van der Waals surface area contributed by atoms with Crippen LogP contribution in [0.3, 0.4) is 0 Å². The Labute approximate surface area is 190 Å². The van der Waals surface area contributed by atoms with E-state index in [4.69, 9.17) is 0 Å². The average molecular weight is 442 g/mol. The van der Waals surface area contributed by atoms with E-state index in [0.29, 0.717) is 44.1 Å². The zero-order chi connectivity index (χ0) is 22.7. The molecule has 2 unspecified atom stereocenters. The molecule has 1 aromatic heterocycles. The lowest BCUT2D eigenvalue weighted by Crippen LogP contribution is -2.48. The first-order valence-electron chi connectivity index (χ1n) is 12.0. The quantitative estimate of drug-likeness (QED) is 0.721. The van der Waals surface area contributed by atoms with E-state index >= 15 is 0 Å². The van der Waals surface area contributed by atoms with E-state index in [9.17, 15) is 14.4 Å². The fourth-order valence-electron chi connectivity index (χ4n) is 4.81. The summed E-state index contributed by atoms with van der Waals surface area (Å²) >= 11 is 0. The number of nitrogens with one attached hydrogen (secondary N) is 1. The van der Waals surface area contributed by atoms with Crippen LogP contribution >= 0.6 is 0 Å². The molecule has 3 fully saturated rings. The van der Waals surface area contributed by atoms with Crippen LogP contribution in [0.15, 0.2) is 24.5 Å². The highest BCUT2D eigenvalue weighted by atomic mass is 16.2. The van der Waals surface area contributed by atoms with Gasteiger partial charge in [0.15, 0.2) is 0 Å². The van der Waals surface area contributed by atoms with Gasteiger partial charge in [-0.3, -0.25) is 19.4 Å². The van der Waals surface area contributed by atoms with Gasteiger partial charge in [0.1, 0.15) is 6.04 Å². The molecule has 3 heterocycles. The standard InChI is InChI=1S/C24H35N5O3/c1-17(2)15-28(22(30)18-6-7-18)20-13-21(24(32)27-11-4-9-25-10-12-27)29(16-20)23(31)19-5-3-8-26-14-19/h3,5,8,14,17-18,20-21,25H,4,6-7,9-13,15-16H2,1-2H3. The van der Waals surface area contributed by atoms with Crippen molar-refractivity contribution in [2.45, 2.75) is 51.6 Å². The SMILES string of the molecule is CC(C)CN(C(=O)C1CC1)C1CC(C(=O)N2CCCNCC2)N(C(=O)c2cccnc2)C1. The summed E-state index contributed by atoms with van der Waals surface area (Å²) < 4.78 is 0. The van der Waals surface area contributed by atoms with Crippen molar-refractivity contribution in [2.75, 3.05) is 39.3 Å². The van der Waals surface area contributed by atoms with Crippen LogP contribution in [0.4, 0.5) is 0 Å². The lowest BCUT2D eigenvalue weighted by Gasteiger charge is -2.31. The Morgan fingerprint density at radius 3 is 2.72 bits per heavy atom. The summed E-state index contributed by atoms with van der Waals surface area (Å²) in [6.45, 7) is 8.25. The van der Waals surface area contributed by atoms with Crippen LogP contribution in [-0.4, -0.2) is 88.8 Å². The number of likely N-dealkylation sites (tertiary alicyclic amines) is 1. The van der Waals surface area contributed by atoms with Gasteiger partial charge in [0.2, 0.25) is 11.8 Å². The van der Waals surface area contributed by atoms with Crippen LogP contribution in [0.25, 0.3) is 0 Å². The number of rotatable bonds is 6. The summed E-state index contributed by atoms with van der Waals surface area (Å²) in [5.74, 6) is 0.436. The van der Waals surface area contributed by atoms with Crippen LogP contribution in [-0.2, 0) is 9.59 Å². The van der Waals surface area contributed by atoms with Gasteiger partial charge in [-0.15, -0.1) is 0 Å². The highest BCUT2D eigenvalue weighted by molar-refractivity contribution is 5.98. The largest absolute Gasteiger partial charge is 0.340 e. The van der Waals surface area contributed by atoms with Crippen molar-refractivity contribution in [3.63, 3.8) is 0 Å². The first-order valence-corrected chi connectivity index (χ1v) is 12.0. The number of amides is 3. The van der Waals surface area contributed by atoms with Gasteiger partial charge in [-0.1, -0.05) is 13.8 Å². The lowest BCUT2D eigenvalue weighted by molar-refractivity contribution is -0.137. The van der Waals surface area contributed by atoms with Gasteiger partial charge in [-0.05, 0) is 50.3 Å². The van der Waals surface area contributed by atoms with Gasteiger partial charge < -0.3 is 20.0 Å². The molecule has 174 valence electrons. The molecule has 8 heteroatoms. The summed E-state index contributed by atoms with van der Waals surface area (Å²) in [5.41, 5.74) is 0.479. The topological polar surface area (TPSA) is 85.9 Å². The highest BCUT2D eigenvalue weighted by Crippen LogP contribution is 2.34. The van der Waals surface area contributed by atoms with E-state index in [1.807, 2.05) is 9.80 Å². The van der Waals surface area contributed by atoms with E-state index in [1.54, 1.807) is 29.4 Å². The van der Waals surface area contributed by atoms with Crippen molar-refractivity contribution in [1.29, 1.82) is 0 Å². The van der Waals surface area contributed by atoms with Gasteiger partial charge in [0.25, 0.3) is 5.91 Å². The van der Waals surface area contributed by atoms with Crippen molar-refractivity contribution in [3.05, 3.63) is 30.1 Å². The second-order valence-corrected chi connectivity index (χ2v) is 9.69. The monoisotopic (exact) mass is 441 g/mol. The van der Waals surface area contributed by atoms with Crippen molar-refractivity contribution < 1.29 is 14.4 Å². The number of hydrogen-bond donors (Lipinski definition) is 1. The second-order valence-electron chi connectivity index (χ2n) is 9.69. The molecule has 8 nitrogen and oxygen atoms in total. The Bertz CT molecular complexity index is 818. The Hall–Kier alpha value is -2.48. The van der Waals surface area contributed by atoms with Crippen molar-refractivity contribution in [1.82, 2.24) is 25.0 Å². The normalized spacial score (nSPS) is 23.8. The molecule has 4 rings (SSSR count). The van der Waals surface area contributed by atoms with E-state index in [-0.39, 0.29) is 29.7 Å². The van der Waals surface area contributed by atoms with Crippen LogP contribution in [0, 0.1) is 11.8 Å². The lowest BCUT2D eigenvalue weighted by atomic mass is 10.1. The number of carbonyl (C=O) groups excluding carboxylic acids is 3. The molecule has 2 aliphatic heterocycles. The van der Waals surface area contributed by atoms with E-state index in [1.165, 1.54) is 0 Å².